The predicted molar refractivity (Wildman–Crippen MR) is 81.5 cm³/mol. The van der Waals surface area contributed by atoms with Crippen molar-refractivity contribution in [1.29, 1.82) is 5.26 Å². The number of halogens is 2. The van der Waals surface area contributed by atoms with Crippen molar-refractivity contribution < 1.29 is 4.74 Å². The van der Waals surface area contributed by atoms with E-state index in [0.29, 0.717) is 22.2 Å². The molecule has 0 unspecified atom stereocenters. The summed E-state index contributed by atoms with van der Waals surface area (Å²) in [5.41, 5.74) is 2.19. The van der Waals surface area contributed by atoms with Crippen LogP contribution in [0.2, 0.25) is 10.0 Å². The normalized spacial score (nSPS) is 9.90. The maximum atomic E-state index is 8.95. The molecular formula is C15H12Cl2N2O. The second-order valence-electron chi connectivity index (χ2n) is 4.12. The molecule has 0 aromatic heterocycles. The molecule has 2 aromatic rings. The summed E-state index contributed by atoms with van der Waals surface area (Å²) in [6.07, 6.45) is 0. The van der Waals surface area contributed by atoms with Crippen LogP contribution in [0.25, 0.3) is 0 Å². The van der Waals surface area contributed by atoms with Gasteiger partial charge in [-0.05, 0) is 36.4 Å². The first kappa shape index (κ1) is 14.5. The summed E-state index contributed by atoms with van der Waals surface area (Å²) in [4.78, 5) is 0. The van der Waals surface area contributed by atoms with Crippen molar-refractivity contribution in [1.82, 2.24) is 0 Å². The molecule has 3 nitrogen and oxygen atoms in total. The molecule has 102 valence electrons. The minimum absolute atomic E-state index is 0.440. The molecule has 2 rings (SSSR count). The van der Waals surface area contributed by atoms with Crippen molar-refractivity contribution in [2.24, 2.45) is 0 Å². The molecule has 0 bridgehead atoms. The number of ether oxygens (including phenoxy) is 1. The molecule has 0 aliphatic carbocycles. The zero-order valence-corrected chi connectivity index (χ0v) is 12.3. The van der Waals surface area contributed by atoms with E-state index < -0.39 is 0 Å². The smallest absolute Gasteiger partial charge is 0.123 e. The van der Waals surface area contributed by atoms with Gasteiger partial charge in [0.05, 0.1) is 17.7 Å². The lowest BCUT2D eigenvalue weighted by molar-refractivity contribution is 0.410. The van der Waals surface area contributed by atoms with Gasteiger partial charge in [0.2, 0.25) is 0 Å². The highest BCUT2D eigenvalue weighted by Crippen LogP contribution is 2.25. The van der Waals surface area contributed by atoms with Crippen LogP contribution in [-0.4, -0.2) is 7.11 Å². The lowest BCUT2D eigenvalue weighted by Crippen LogP contribution is -2.02. The molecule has 0 saturated carbocycles. The third kappa shape index (κ3) is 3.36. The molecule has 1 N–H and O–H groups in total. The van der Waals surface area contributed by atoms with E-state index in [9.17, 15) is 0 Å². The van der Waals surface area contributed by atoms with E-state index in [1.807, 2.05) is 24.3 Å². The van der Waals surface area contributed by atoms with Crippen molar-refractivity contribution >= 4 is 28.9 Å². The molecule has 0 aliphatic rings. The van der Waals surface area contributed by atoms with Gasteiger partial charge in [-0.3, -0.25) is 0 Å². The number of hydrogen-bond donors (Lipinski definition) is 1. The van der Waals surface area contributed by atoms with Gasteiger partial charge in [-0.2, -0.15) is 5.26 Å². The van der Waals surface area contributed by atoms with E-state index >= 15 is 0 Å². The number of anilines is 1. The average Bonchev–Trinajstić information content (AvgIpc) is 2.46. The zero-order valence-electron chi connectivity index (χ0n) is 10.8. The summed E-state index contributed by atoms with van der Waals surface area (Å²) >= 11 is 11.9. The van der Waals surface area contributed by atoms with Gasteiger partial charge >= 0.3 is 0 Å². The molecular weight excluding hydrogens is 295 g/mol. The van der Waals surface area contributed by atoms with Gasteiger partial charge in [0.15, 0.2) is 0 Å². The summed E-state index contributed by atoms with van der Waals surface area (Å²) < 4.78 is 5.28. The van der Waals surface area contributed by atoms with E-state index in [-0.39, 0.29) is 0 Å². The second kappa shape index (κ2) is 6.51. The van der Waals surface area contributed by atoms with Crippen LogP contribution in [0.4, 0.5) is 5.69 Å². The largest absolute Gasteiger partial charge is 0.496 e. The van der Waals surface area contributed by atoms with Crippen molar-refractivity contribution in [3.05, 3.63) is 57.6 Å². The Morgan fingerprint density at radius 3 is 2.70 bits per heavy atom. The highest BCUT2D eigenvalue weighted by atomic mass is 35.5. The second-order valence-corrected chi connectivity index (χ2v) is 4.96. The van der Waals surface area contributed by atoms with Gasteiger partial charge in [-0.25, -0.2) is 0 Å². The number of nitrogens with zero attached hydrogens (tertiary/aromatic N) is 1. The molecule has 0 fully saturated rings. The van der Waals surface area contributed by atoms with Gasteiger partial charge in [-0.1, -0.05) is 23.2 Å². The predicted octanol–water partition coefficient (Wildman–Crippen LogP) is 4.49. The maximum absolute atomic E-state index is 8.95. The Morgan fingerprint density at radius 1 is 1.20 bits per heavy atom. The number of hydrogen-bond acceptors (Lipinski definition) is 3. The Bertz CT molecular complexity index is 665. The maximum Gasteiger partial charge on any atom is 0.123 e. The van der Waals surface area contributed by atoms with Crippen molar-refractivity contribution in [3.63, 3.8) is 0 Å². The van der Waals surface area contributed by atoms with E-state index in [2.05, 4.69) is 5.32 Å². The van der Waals surface area contributed by atoms with Gasteiger partial charge in [0.1, 0.15) is 11.8 Å². The number of nitriles is 1. The zero-order chi connectivity index (χ0) is 14.5. The molecule has 0 radical (unpaired) electrons. The summed E-state index contributed by atoms with van der Waals surface area (Å²) in [5.74, 6) is 0.761. The standard InChI is InChI=1S/C15H12Cl2N2O/c1-20-15-5-2-12(16)6-11(15)9-19-13-3-4-14(17)10(7-13)8-18/h2-7,19H,9H2,1H3. The van der Waals surface area contributed by atoms with Gasteiger partial charge in [0, 0.05) is 22.8 Å². The number of nitrogens with one attached hydrogen (secondary N) is 1. The Labute approximate surface area is 127 Å². The Kier molecular flexibility index (Phi) is 4.73. The fraction of sp³-hybridized carbons (Fsp3) is 0.133. The van der Waals surface area contributed by atoms with Gasteiger partial charge in [0.25, 0.3) is 0 Å². The van der Waals surface area contributed by atoms with Crippen molar-refractivity contribution in [3.8, 4) is 11.8 Å². The first-order valence-electron chi connectivity index (χ1n) is 5.90. The average molecular weight is 307 g/mol. The molecule has 0 heterocycles. The van der Waals surface area contributed by atoms with Gasteiger partial charge < -0.3 is 10.1 Å². The third-order valence-electron chi connectivity index (χ3n) is 2.81. The highest BCUT2D eigenvalue weighted by molar-refractivity contribution is 6.31. The first-order chi connectivity index (χ1) is 9.63. The molecule has 0 aliphatic heterocycles. The lowest BCUT2D eigenvalue weighted by Gasteiger charge is -2.11. The van der Waals surface area contributed by atoms with Crippen LogP contribution >= 0.6 is 23.2 Å². The molecule has 2 aromatic carbocycles. The topological polar surface area (TPSA) is 45.0 Å². The van der Waals surface area contributed by atoms with Crippen LogP contribution in [0.1, 0.15) is 11.1 Å². The lowest BCUT2D eigenvalue weighted by atomic mass is 10.1. The van der Waals surface area contributed by atoms with Crippen LogP contribution in [0.3, 0.4) is 0 Å². The number of methoxy groups -OCH3 is 1. The molecule has 0 atom stereocenters. The minimum atomic E-state index is 0.440. The molecule has 0 spiro atoms. The summed E-state index contributed by atoms with van der Waals surface area (Å²) in [6, 6.07) is 12.7. The van der Waals surface area contributed by atoms with E-state index in [1.165, 1.54) is 0 Å². The third-order valence-corrected chi connectivity index (χ3v) is 3.38. The van der Waals surface area contributed by atoms with E-state index in [4.69, 9.17) is 33.2 Å². The van der Waals surface area contributed by atoms with Crippen molar-refractivity contribution in [2.75, 3.05) is 12.4 Å². The Hall–Kier alpha value is -1.89. The molecule has 5 heteroatoms. The number of benzene rings is 2. The van der Waals surface area contributed by atoms with E-state index in [1.54, 1.807) is 25.3 Å². The fourth-order valence-electron chi connectivity index (χ4n) is 1.80. The summed E-state index contributed by atoms with van der Waals surface area (Å²) in [7, 11) is 1.61. The minimum Gasteiger partial charge on any atom is -0.496 e. The molecule has 20 heavy (non-hydrogen) atoms. The Morgan fingerprint density at radius 2 is 2.00 bits per heavy atom. The van der Waals surface area contributed by atoms with Crippen LogP contribution in [0.5, 0.6) is 5.75 Å². The molecule has 0 amide bonds. The fourth-order valence-corrected chi connectivity index (χ4v) is 2.16. The van der Waals surface area contributed by atoms with Crippen LogP contribution < -0.4 is 10.1 Å². The SMILES string of the molecule is COc1ccc(Cl)cc1CNc1ccc(Cl)c(C#N)c1. The summed E-state index contributed by atoms with van der Waals surface area (Å²) in [5, 5.41) is 13.3. The van der Waals surface area contributed by atoms with Crippen LogP contribution in [-0.2, 0) is 6.54 Å². The van der Waals surface area contributed by atoms with Crippen LogP contribution in [0.15, 0.2) is 36.4 Å². The van der Waals surface area contributed by atoms with Crippen molar-refractivity contribution in [2.45, 2.75) is 6.54 Å². The van der Waals surface area contributed by atoms with Gasteiger partial charge in [-0.15, -0.1) is 0 Å². The Balaban J connectivity index is 2.17. The summed E-state index contributed by atoms with van der Waals surface area (Å²) in [6.45, 7) is 0.538. The van der Waals surface area contributed by atoms with Crippen LogP contribution in [0, 0.1) is 11.3 Å². The first-order valence-corrected chi connectivity index (χ1v) is 6.65. The highest BCUT2D eigenvalue weighted by Gasteiger charge is 2.05. The monoisotopic (exact) mass is 306 g/mol. The van der Waals surface area contributed by atoms with E-state index in [0.717, 1.165) is 17.0 Å². The number of rotatable bonds is 4. The quantitative estimate of drug-likeness (QED) is 0.905. The molecule has 0 saturated heterocycles.